The topological polar surface area (TPSA) is 68.9 Å². The molecule has 1 N–H and O–H groups in total. The number of rotatable bonds is 6. The molecule has 1 amide bonds. The number of aromatic nitrogens is 3. The molecule has 0 bridgehead atoms. The summed E-state index contributed by atoms with van der Waals surface area (Å²) < 4.78 is 41.6. The van der Waals surface area contributed by atoms with Crippen molar-refractivity contribution in [1.29, 1.82) is 0 Å². The lowest BCUT2D eigenvalue weighted by atomic mass is 10.1. The van der Waals surface area contributed by atoms with Gasteiger partial charge in [-0.3, -0.25) is 9.36 Å². The van der Waals surface area contributed by atoms with Crippen LogP contribution < -0.4 is 11.0 Å². The number of halogens is 3. The molecule has 1 heterocycles. The molecule has 1 fully saturated rings. The minimum absolute atomic E-state index is 0.0361. The van der Waals surface area contributed by atoms with Gasteiger partial charge in [-0.15, -0.1) is 5.10 Å². The van der Waals surface area contributed by atoms with Crippen LogP contribution in [0.15, 0.2) is 29.1 Å². The van der Waals surface area contributed by atoms with Crippen LogP contribution in [0.5, 0.6) is 0 Å². The van der Waals surface area contributed by atoms with Crippen LogP contribution in [0, 0.1) is 0 Å². The zero-order chi connectivity index (χ0) is 18.9. The molecule has 0 unspecified atom stereocenters. The van der Waals surface area contributed by atoms with E-state index in [0.717, 1.165) is 25.0 Å². The molecule has 1 aromatic carbocycles. The van der Waals surface area contributed by atoms with Gasteiger partial charge in [-0.2, -0.15) is 13.2 Å². The van der Waals surface area contributed by atoms with Crippen LogP contribution in [-0.4, -0.2) is 26.8 Å². The minimum Gasteiger partial charge on any atom is -0.354 e. The average Bonchev–Trinajstić information content (AvgIpc) is 3.38. The van der Waals surface area contributed by atoms with Gasteiger partial charge in [0.2, 0.25) is 5.91 Å². The summed E-state index contributed by atoms with van der Waals surface area (Å²) in [7, 11) is 0. The van der Waals surface area contributed by atoms with Gasteiger partial charge in [0.1, 0.15) is 0 Å². The number of amides is 1. The van der Waals surface area contributed by atoms with E-state index in [2.05, 4.69) is 10.4 Å². The Bertz CT molecular complexity index is 866. The first-order chi connectivity index (χ1) is 12.3. The summed E-state index contributed by atoms with van der Waals surface area (Å²) in [6.07, 6.45) is -2.54. The number of carbonyl (C=O) groups is 1. The van der Waals surface area contributed by atoms with Crippen molar-refractivity contribution in [2.24, 2.45) is 0 Å². The van der Waals surface area contributed by atoms with Crippen LogP contribution in [0.4, 0.5) is 13.2 Å². The van der Waals surface area contributed by atoms with E-state index in [-0.39, 0.29) is 42.1 Å². The van der Waals surface area contributed by atoms with Crippen molar-refractivity contribution in [2.75, 3.05) is 6.54 Å². The smallest absolute Gasteiger partial charge is 0.354 e. The molecule has 6 nitrogen and oxygen atoms in total. The Morgan fingerprint density at radius 2 is 2.08 bits per heavy atom. The average molecular weight is 368 g/mol. The molecular weight excluding hydrogens is 349 g/mol. The van der Waals surface area contributed by atoms with Crippen LogP contribution in [0.1, 0.15) is 37.8 Å². The molecule has 0 atom stereocenters. The van der Waals surface area contributed by atoms with E-state index in [4.69, 9.17) is 0 Å². The Balaban J connectivity index is 1.93. The minimum atomic E-state index is -4.46. The van der Waals surface area contributed by atoms with Gasteiger partial charge in [0.05, 0.1) is 12.1 Å². The van der Waals surface area contributed by atoms with E-state index in [0.29, 0.717) is 6.42 Å². The first-order valence-corrected chi connectivity index (χ1v) is 8.45. The SMILES string of the molecule is CCC(=O)NCCn1nc(-c2cccc(C(F)(F)F)c2)n(C2CC2)c1=O. The highest BCUT2D eigenvalue weighted by atomic mass is 19.4. The lowest BCUT2D eigenvalue weighted by Gasteiger charge is -2.09. The first-order valence-electron chi connectivity index (χ1n) is 8.45. The Labute approximate surface area is 147 Å². The van der Waals surface area contributed by atoms with Crippen LogP contribution in [0.2, 0.25) is 0 Å². The summed E-state index contributed by atoms with van der Waals surface area (Å²) >= 11 is 0. The summed E-state index contributed by atoms with van der Waals surface area (Å²) in [6, 6.07) is 4.77. The largest absolute Gasteiger partial charge is 0.416 e. The maximum Gasteiger partial charge on any atom is 0.416 e. The fraction of sp³-hybridized carbons (Fsp3) is 0.471. The Morgan fingerprint density at radius 1 is 1.35 bits per heavy atom. The van der Waals surface area contributed by atoms with E-state index in [1.807, 2.05) is 0 Å². The molecule has 0 saturated heterocycles. The summed E-state index contributed by atoms with van der Waals surface area (Å²) in [5.74, 6) is 0.0863. The van der Waals surface area contributed by atoms with Gasteiger partial charge in [-0.25, -0.2) is 9.48 Å². The fourth-order valence-corrected chi connectivity index (χ4v) is 2.69. The third-order valence-electron chi connectivity index (χ3n) is 4.20. The molecule has 1 saturated carbocycles. The van der Waals surface area contributed by atoms with Crippen LogP contribution in [0.3, 0.4) is 0 Å². The number of benzene rings is 1. The van der Waals surface area contributed by atoms with Gasteiger partial charge in [0.25, 0.3) is 0 Å². The summed E-state index contributed by atoms with van der Waals surface area (Å²) in [6.45, 7) is 2.11. The Morgan fingerprint density at radius 3 is 2.69 bits per heavy atom. The van der Waals surface area contributed by atoms with E-state index < -0.39 is 11.7 Å². The molecule has 26 heavy (non-hydrogen) atoms. The van der Waals surface area contributed by atoms with Gasteiger partial charge in [0.15, 0.2) is 5.82 Å². The number of nitrogens with zero attached hydrogens (tertiary/aromatic N) is 3. The predicted molar refractivity (Wildman–Crippen MR) is 88.5 cm³/mol. The van der Waals surface area contributed by atoms with Gasteiger partial charge < -0.3 is 5.32 Å². The maximum absolute atomic E-state index is 13.0. The zero-order valence-corrected chi connectivity index (χ0v) is 14.2. The Kier molecular flexibility index (Phi) is 4.88. The van der Waals surface area contributed by atoms with Crippen molar-refractivity contribution in [3.05, 3.63) is 40.3 Å². The molecule has 0 radical (unpaired) electrons. The molecular formula is C17H19F3N4O2. The van der Waals surface area contributed by atoms with Crippen LogP contribution in [0.25, 0.3) is 11.4 Å². The molecule has 1 aliphatic rings. The van der Waals surface area contributed by atoms with Gasteiger partial charge in [-0.05, 0) is 25.0 Å². The molecule has 1 aromatic heterocycles. The van der Waals surface area contributed by atoms with E-state index in [9.17, 15) is 22.8 Å². The van der Waals surface area contributed by atoms with Gasteiger partial charge in [-0.1, -0.05) is 19.1 Å². The second-order valence-corrected chi connectivity index (χ2v) is 6.21. The molecule has 0 spiro atoms. The third kappa shape index (κ3) is 3.81. The quantitative estimate of drug-likeness (QED) is 0.852. The molecule has 0 aliphatic heterocycles. The van der Waals surface area contributed by atoms with Crippen molar-refractivity contribution in [2.45, 2.75) is 44.9 Å². The van der Waals surface area contributed by atoms with E-state index in [1.165, 1.54) is 21.4 Å². The first kappa shape index (κ1) is 18.2. The highest BCUT2D eigenvalue weighted by Gasteiger charge is 2.33. The van der Waals surface area contributed by atoms with Crippen molar-refractivity contribution >= 4 is 5.91 Å². The number of alkyl halides is 3. The number of hydrogen-bond acceptors (Lipinski definition) is 3. The summed E-state index contributed by atoms with van der Waals surface area (Å²) in [5, 5.41) is 6.89. The fourth-order valence-electron chi connectivity index (χ4n) is 2.69. The second-order valence-electron chi connectivity index (χ2n) is 6.21. The lowest BCUT2D eigenvalue weighted by molar-refractivity contribution is -0.137. The number of nitrogens with one attached hydrogen (secondary N) is 1. The normalized spacial score (nSPS) is 14.5. The summed E-state index contributed by atoms with van der Waals surface area (Å²) in [4.78, 5) is 23.9. The van der Waals surface area contributed by atoms with E-state index in [1.54, 1.807) is 6.92 Å². The van der Waals surface area contributed by atoms with Crippen molar-refractivity contribution in [3.63, 3.8) is 0 Å². The standard InChI is InChI=1S/C17H19F3N4O2/c1-2-14(25)21-8-9-23-16(26)24(13-6-7-13)15(22-23)11-4-3-5-12(10-11)17(18,19)20/h3-5,10,13H,2,6-9H2,1H3,(H,21,25). The van der Waals surface area contributed by atoms with Crippen molar-refractivity contribution in [1.82, 2.24) is 19.7 Å². The number of carbonyl (C=O) groups excluding carboxylic acids is 1. The predicted octanol–water partition coefficient (Wildman–Crippen LogP) is 2.59. The molecule has 2 aromatic rings. The van der Waals surface area contributed by atoms with E-state index >= 15 is 0 Å². The molecule has 9 heteroatoms. The van der Waals surface area contributed by atoms with Crippen LogP contribution >= 0.6 is 0 Å². The highest BCUT2D eigenvalue weighted by Crippen LogP contribution is 2.37. The Hall–Kier alpha value is -2.58. The van der Waals surface area contributed by atoms with Crippen molar-refractivity contribution < 1.29 is 18.0 Å². The third-order valence-corrected chi connectivity index (χ3v) is 4.20. The lowest BCUT2D eigenvalue weighted by Crippen LogP contribution is -2.31. The monoisotopic (exact) mass is 368 g/mol. The van der Waals surface area contributed by atoms with Gasteiger partial charge >= 0.3 is 11.9 Å². The zero-order valence-electron chi connectivity index (χ0n) is 14.2. The molecule has 1 aliphatic carbocycles. The second kappa shape index (κ2) is 6.97. The van der Waals surface area contributed by atoms with Gasteiger partial charge in [0, 0.05) is 24.6 Å². The number of hydrogen-bond donors (Lipinski definition) is 1. The van der Waals surface area contributed by atoms with Crippen LogP contribution in [-0.2, 0) is 17.5 Å². The molecule has 3 rings (SSSR count). The molecule has 140 valence electrons. The maximum atomic E-state index is 13.0. The highest BCUT2D eigenvalue weighted by molar-refractivity contribution is 5.75. The van der Waals surface area contributed by atoms with Crippen molar-refractivity contribution in [3.8, 4) is 11.4 Å². The summed E-state index contributed by atoms with van der Waals surface area (Å²) in [5.41, 5.74) is -0.902.